The van der Waals surface area contributed by atoms with E-state index >= 15 is 0 Å². The van der Waals surface area contributed by atoms with E-state index in [9.17, 15) is 0 Å². The number of pyridine rings is 1. The summed E-state index contributed by atoms with van der Waals surface area (Å²) in [6.07, 6.45) is 5.99. The lowest BCUT2D eigenvalue weighted by Crippen LogP contribution is -2.20. The predicted molar refractivity (Wildman–Crippen MR) is 79.3 cm³/mol. The number of fused-ring (bicyclic) bond motifs is 1. The summed E-state index contributed by atoms with van der Waals surface area (Å²) >= 11 is 0. The lowest BCUT2D eigenvalue weighted by Gasteiger charge is -2.14. The van der Waals surface area contributed by atoms with Gasteiger partial charge in [-0.1, -0.05) is 24.3 Å². The molecule has 0 bridgehead atoms. The Hall–Kier alpha value is -2.33. The van der Waals surface area contributed by atoms with Gasteiger partial charge >= 0.3 is 0 Å². The Balaban J connectivity index is 1.87. The first-order valence-electron chi connectivity index (χ1n) is 6.64. The molecular weight excluding hydrogens is 248 g/mol. The monoisotopic (exact) mass is 264 g/mol. The van der Waals surface area contributed by atoms with Gasteiger partial charge < -0.3 is 5.32 Å². The van der Waals surface area contributed by atoms with Crippen LogP contribution in [0.15, 0.2) is 55.0 Å². The maximum absolute atomic E-state index is 4.70. The molecule has 3 aromatic rings. The highest BCUT2D eigenvalue weighted by Gasteiger charge is 2.12. The summed E-state index contributed by atoms with van der Waals surface area (Å²) in [5.41, 5.74) is 3.01. The lowest BCUT2D eigenvalue weighted by molar-refractivity contribution is 0.567. The van der Waals surface area contributed by atoms with Gasteiger partial charge in [0.25, 0.3) is 0 Å². The summed E-state index contributed by atoms with van der Waals surface area (Å²) in [6.45, 7) is 0. The molecule has 0 fully saturated rings. The molecule has 2 heterocycles. The maximum atomic E-state index is 4.70. The second kappa shape index (κ2) is 5.75. The van der Waals surface area contributed by atoms with Gasteiger partial charge in [0.2, 0.25) is 0 Å². The zero-order valence-electron chi connectivity index (χ0n) is 11.3. The van der Waals surface area contributed by atoms with Crippen LogP contribution in [0.3, 0.4) is 0 Å². The highest BCUT2D eigenvalue weighted by Crippen LogP contribution is 2.17. The van der Waals surface area contributed by atoms with Crippen LogP contribution in [-0.2, 0) is 6.42 Å². The van der Waals surface area contributed by atoms with Crippen molar-refractivity contribution in [3.8, 4) is 0 Å². The number of hydrogen-bond donors (Lipinski definition) is 1. The van der Waals surface area contributed by atoms with Crippen LogP contribution in [0.4, 0.5) is 0 Å². The Morgan fingerprint density at radius 3 is 2.80 bits per heavy atom. The van der Waals surface area contributed by atoms with Crippen LogP contribution < -0.4 is 5.32 Å². The van der Waals surface area contributed by atoms with E-state index in [1.165, 1.54) is 0 Å². The van der Waals surface area contributed by atoms with E-state index in [1.807, 2.05) is 25.2 Å². The van der Waals surface area contributed by atoms with Gasteiger partial charge in [-0.3, -0.25) is 15.0 Å². The third kappa shape index (κ3) is 2.65. The Morgan fingerprint density at radius 2 is 2.00 bits per heavy atom. The number of benzene rings is 1. The summed E-state index contributed by atoms with van der Waals surface area (Å²) in [6, 6.07) is 12.5. The second-order valence-corrected chi connectivity index (χ2v) is 4.67. The molecule has 0 aliphatic heterocycles. The van der Waals surface area contributed by atoms with E-state index in [0.717, 1.165) is 28.7 Å². The number of hydrogen-bond acceptors (Lipinski definition) is 4. The molecule has 1 unspecified atom stereocenters. The molecule has 3 rings (SSSR count). The lowest BCUT2D eigenvalue weighted by atomic mass is 10.1. The Kier molecular flexibility index (Phi) is 3.65. The molecule has 1 N–H and O–H groups in total. The molecule has 0 aliphatic rings. The van der Waals surface area contributed by atoms with Gasteiger partial charge in [-0.05, 0) is 19.2 Å². The molecule has 0 spiro atoms. The van der Waals surface area contributed by atoms with Crippen LogP contribution in [0.25, 0.3) is 10.9 Å². The topological polar surface area (TPSA) is 50.7 Å². The van der Waals surface area contributed by atoms with Crippen molar-refractivity contribution in [2.75, 3.05) is 7.05 Å². The van der Waals surface area contributed by atoms with E-state index in [0.29, 0.717) is 0 Å². The average Bonchev–Trinajstić information content (AvgIpc) is 2.53. The molecule has 2 aromatic heterocycles. The van der Waals surface area contributed by atoms with E-state index in [2.05, 4.69) is 33.5 Å². The maximum Gasteiger partial charge on any atom is 0.0759 e. The predicted octanol–water partition coefficient (Wildman–Crippen LogP) is 2.53. The van der Waals surface area contributed by atoms with Crippen molar-refractivity contribution >= 4 is 10.9 Å². The number of nitrogens with zero attached hydrogens (tertiary/aromatic N) is 3. The van der Waals surface area contributed by atoms with E-state index in [4.69, 9.17) is 4.98 Å². The molecule has 0 saturated heterocycles. The number of aromatic nitrogens is 3. The van der Waals surface area contributed by atoms with Crippen LogP contribution in [-0.4, -0.2) is 22.0 Å². The van der Waals surface area contributed by atoms with Gasteiger partial charge in [-0.15, -0.1) is 0 Å². The normalized spacial score (nSPS) is 12.4. The van der Waals surface area contributed by atoms with Crippen molar-refractivity contribution in [3.63, 3.8) is 0 Å². The SMILES string of the molecule is CNC(Cc1ccc2ccccc2n1)c1cnccn1. The van der Waals surface area contributed by atoms with Crippen molar-refractivity contribution < 1.29 is 0 Å². The number of para-hydroxylation sites is 1. The van der Waals surface area contributed by atoms with Gasteiger partial charge in [0, 0.05) is 36.1 Å². The summed E-state index contributed by atoms with van der Waals surface area (Å²) in [5.74, 6) is 0. The van der Waals surface area contributed by atoms with Crippen LogP contribution in [0.1, 0.15) is 17.4 Å². The third-order valence-corrected chi connectivity index (χ3v) is 3.36. The summed E-state index contributed by atoms with van der Waals surface area (Å²) in [5, 5.41) is 4.44. The van der Waals surface area contributed by atoms with Gasteiger partial charge in [0.05, 0.1) is 17.3 Å². The molecule has 0 aliphatic carbocycles. The van der Waals surface area contributed by atoms with Gasteiger partial charge in [-0.2, -0.15) is 0 Å². The third-order valence-electron chi connectivity index (χ3n) is 3.36. The molecule has 4 heteroatoms. The first kappa shape index (κ1) is 12.7. The van der Waals surface area contributed by atoms with Crippen molar-refractivity contribution in [1.82, 2.24) is 20.3 Å². The fraction of sp³-hybridized carbons (Fsp3) is 0.188. The van der Waals surface area contributed by atoms with Crippen LogP contribution in [0.2, 0.25) is 0 Å². The highest BCUT2D eigenvalue weighted by atomic mass is 14.9. The van der Waals surface area contributed by atoms with E-state index < -0.39 is 0 Å². The first-order valence-corrected chi connectivity index (χ1v) is 6.64. The van der Waals surface area contributed by atoms with Crippen LogP contribution >= 0.6 is 0 Å². The fourth-order valence-electron chi connectivity index (χ4n) is 2.28. The second-order valence-electron chi connectivity index (χ2n) is 4.67. The van der Waals surface area contributed by atoms with E-state index in [1.54, 1.807) is 18.6 Å². The van der Waals surface area contributed by atoms with Crippen molar-refractivity contribution in [3.05, 3.63) is 66.4 Å². The molecule has 20 heavy (non-hydrogen) atoms. The molecule has 100 valence electrons. The zero-order valence-corrected chi connectivity index (χ0v) is 11.3. The largest absolute Gasteiger partial charge is 0.311 e. The van der Waals surface area contributed by atoms with Crippen LogP contribution in [0, 0.1) is 0 Å². The molecule has 1 atom stereocenters. The first-order chi connectivity index (χ1) is 9.86. The Bertz CT molecular complexity index is 697. The standard InChI is InChI=1S/C16H16N4/c1-17-15(16-11-18-8-9-19-16)10-13-7-6-12-4-2-3-5-14(12)20-13/h2-9,11,15,17H,10H2,1H3. The van der Waals surface area contributed by atoms with Crippen molar-refractivity contribution in [2.45, 2.75) is 12.5 Å². The fourth-order valence-corrected chi connectivity index (χ4v) is 2.28. The minimum absolute atomic E-state index is 0.123. The van der Waals surface area contributed by atoms with Crippen molar-refractivity contribution in [1.29, 1.82) is 0 Å². The van der Waals surface area contributed by atoms with Crippen LogP contribution in [0.5, 0.6) is 0 Å². The molecule has 1 aromatic carbocycles. The Morgan fingerprint density at radius 1 is 1.10 bits per heavy atom. The summed E-state index contributed by atoms with van der Waals surface area (Å²) in [7, 11) is 1.93. The summed E-state index contributed by atoms with van der Waals surface area (Å²) < 4.78 is 0. The zero-order chi connectivity index (χ0) is 13.8. The quantitative estimate of drug-likeness (QED) is 0.786. The number of rotatable bonds is 4. The molecular formula is C16H16N4. The molecule has 4 nitrogen and oxygen atoms in total. The van der Waals surface area contributed by atoms with Crippen molar-refractivity contribution in [2.24, 2.45) is 0 Å². The minimum Gasteiger partial charge on any atom is -0.311 e. The van der Waals surface area contributed by atoms with Gasteiger partial charge in [0.1, 0.15) is 0 Å². The van der Waals surface area contributed by atoms with E-state index in [-0.39, 0.29) is 6.04 Å². The molecule has 0 amide bonds. The Labute approximate surface area is 117 Å². The van der Waals surface area contributed by atoms with Gasteiger partial charge in [-0.25, -0.2) is 0 Å². The minimum atomic E-state index is 0.123. The average molecular weight is 264 g/mol. The molecule has 0 saturated carbocycles. The number of likely N-dealkylation sites (N-methyl/N-ethyl adjacent to an activating group) is 1. The smallest absolute Gasteiger partial charge is 0.0759 e. The highest BCUT2D eigenvalue weighted by molar-refractivity contribution is 5.78. The molecule has 0 radical (unpaired) electrons. The number of nitrogens with one attached hydrogen (secondary N) is 1. The summed E-state index contributed by atoms with van der Waals surface area (Å²) in [4.78, 5) is 13.2. The van der Waals surface area contributed by atoms with Gasteiger partial charge in [0.15, 0.2) is 0 Å².